The van der Waals surface area contributed by atoms with Crippen molar-refractivity contribution < 1.29 is 4.74 Å². The zero-order valence-electron chi connectivity index (χ0n) is 7.81. The minimum absolute atomic E-state index is 0.553. The highest BCUT2D eigenvalue weighted by atomic mass is 16.5. The molecule has 0 aliphatic rings. The molecule has 1 unspecified atom stereocenters. The van der Waals surface area contributed by atoms with Crippen molar-refractivity contribution in [2.45, 2.75) is 19.9 Å². The summed E-state index contributed by atoms with van der Waals surface area (Å²) < 4.78 is 4.90. The van der Waals surface area contributed by atoms with Crippen molar-refractivity contribution in [3.63, 3.8) is 0 Å². The second kappa shape index (κ2) is 7.98. The van der Waals surface area contributed by atoms with Crippen LogP contribution in [0.5, 0.6) is 0 Å². The topological polar surface area (TPSA) is 33.3 Å². The monoisotopic (exact) mass is 160 g/mol. The Balaban J connectivity index is 2.97. The van der Waals surface area contributed by atoms with Gasteiger partial charge in [-0.05, 0) is 13.5 Å². The van der Waals surface area contributed by atoms with Crippen LogP contribution in [0, 0.1) is 0 Å². The van der Waals surface area contributed by atoms with Crippen molar-refractivity contribution in [2.75, 3.05) is 33.4 Å². The molecule has 0 aliphatic heterocycles. The first-order valence-electron chi connectivity index (χ1n) is 4.24. The van der Waals surface area contributed by atoms with E-state index in [1.165, 1.54) is 0 Å². The Morgan fingerprint density at radius 2 is 2.18 bits per heavy atom. The molecule has 3 nitrogen and oxygen atoms in total. The van der Waals surface area contributed by atoms with Gasteiger partial charge in [0.1, 0.15) is 0 Å². The van der Waals surface area contributed by atoms with Gasteiger partial charge in [-0.1, -0.05) is 6.92 Å². The van der Waals surface area contributed by atoms with E-state index in [0.717, 1.165) is 26.2 Å². The van der Waals surface area contributed by atoms with Crippen molar-refractivity contribution in [2.24, 2.45) is 0 Å². The molecule has 0 rings (SSSR count). The molecule has 1 atom stereocenters. The second-order valence-corrected chi connectivity index (χ2v) is 2.66. The van der Waals surface area contributed by atoms with E-state index < -0.39 is 0 Å². The van der Waals surface area contributed by atoms with E-state index >= 15 is 0 Å². The molecule has 3 heteroatoms. The quantitative estimate of drug-likeness (QED) is 0.523. The summed E-state index contributed by atoms with van der Waals surface area (Å²) in [4.78, 5) is 0. The molecule has 2 N–H and O–H groups in total. The lowest BCUT2D eigenvalue weighted by molar-refractivity contribution is 0.198. The lowest BCUT2D eigenvalue weighted by Gasteiger charge is -2.12. The summed E-state index contributed by atoms with van der Waals surface area (Å²) in [6.07, 6.45) is 0. The van der Waals surface area contributed by atoms with Gasteiger partial charge in [-0.3, -0.25) is 0 Å². The number of hydrogen-bond donors (Lipinski definition) is 2. The second-order valence-electron chi connectivity index (χ2n) is 2.66. The summed E-state index contributed by atoms with van der Waals surface area (Å²) in [6, 6.07) is 0.553. The van der Waals surface area contributed by atoms with Crippen LogP contribution >= 0.6 is 0 Å². The zero-order valence-corrected chi connectivity index (χ0v) is 7.81. The van der Waals surface area contributed by atoms with Gasteiger partial charge in [-0.2, -0.15) is 0 Å². The van der Waals surface area contributed by atoms with Gasteiger partial charge in [0.05, 0.1) is 6.61 Å². The van der Waals surface area contributed by atoms with Crippen LogP contribution in [-0.2, 0) is 4.74 Å². The molecule has 0 bridgehead atoms. The molecule has 0 saturated carbocycles. The fraction of sp³-hybridized carbons (Fsp3) is 1.00. The average molecular weight is 160 g/mol. The molecule has 0 heterocycles. The fourth-order valence-electron chi connectivity index (χ4n) is 0.913. The molecule has 0 aromatic heterocycles. The number of methoxy groups -OCH3 is 1. The smallest absolute Gasteiger partial charge is 0.0587 e. The molecule has 0 saturated heterocycles. The molecule has 0 amide bonds. The van der Waals surface area contributed by atoms with Crippen LogP contribution in [0.4, 0.5) is 0 Å². The first-order chi connectivity index (χ1) is 5.31. The van der Waals surface area contributed by atoms with Crippen LogP contribution in [0.15, 0.2) is 0 Å². The Morgan fingerprint density at radius 3 is 2.73 bits per heavy atom. The molecule has 0 spiro atoms. The van der Waals surface area contributed by atoms with Gasteiger partial charge < -0.3 is 15.4 Å². The number of ether oxygens (including phenoxy) is 1. The highest BCUT2D eigenvalue weighted by molar-refractivity contribution is 4.61. The maximum atomic E-state index is 4.90. The lowest BCUT2D eigenvalue weighted by atomic mass is 10.3. The molecular weight excluding hydrogens is 140 g/mol. The van der Waals surface area contributed by atoms with E-state index in [9.17, 15) is 0 Å². The number of rotatable bonds is 7. The predicted molar refractivity (Wildman–Crippen MR) is 47.9 cm³/mol. The van der Waals surface area contributed by atoms with E-state index in [4.69, 9.17) is 4.74 Å². The molecule has 0 fully saturated rings. The molecule has 0 aliphatic carbocycles. The summed E-state index contributed by atoms with van der Waals surface area (Å²) in [7, 11) is 1.72. The molecule has 0 radical (unpaired) electrons. The van der Waals surface area contributed by atoms with Crippen LogP contribution in [0.25, 0.3) is 0 Å². The standard InChI is InChI=1S/C8H20N2O/c1-4-10-8(2)7-9-5-6-11-3/h8-10H,4-7H2,1-3H3. The summed E-state index contributed by atoms with van der Waals surface area (Å²) in [5, 5.41) is 6.60. The lowest BCUT2D eigenvalue weighted by Crippen LogP contribution is -2.37. The van der Waals surface area contributed by atoms with Crippen LogP contribution in [-0.4, -0.2) is 39.4 Å². The number of nitrogens with one attached hydrogen (secondary N) is 2. The van der Waals surface area contributed by atoms with Gasteiger partial charge in [0.25, 0.3) is 0 Å². The van der Waals surface area contributed by atoms with Gasteiger partial charge >= 0.3 is 0 Å². The van der Waals surface area contributed by atoms with Crippen LogP contribution in [0.3, 0.4) is 0 Å². The maximum absolute atomic E-state index is 4.90. The molecule has 0 aromatic rings. The Kier molecular flexibility index (Phi) is 7.89. The molecule has 11 heavy (non-hydrogen) atoms. The Morgan fingerprint density at radius 1 is 1.45 bits per heavy atom. The maximum Gasteiger partial charge on any atom is 0.0587 e. The Bertz CT molecular complexity index is 78.5. The Labute approximate surface area is 69.5 Å². The summed E-state index contributed by atoms with van der Waals surface area (Å²) in [6.45, 7) is 8.06. The van der Waals surface area contributed by atoms with Crippen molar-refractivity contribution in [1.29, 1.82) is 0 Å². The first kappa shape index (κ1) is 10.9. The SMILES string of the molecule is CCNC(C)CNCCOC. The fourth-order valence-corrected chi connectivity index (χ4v) is 0.913. The third-order valence-corrected chi connectivity index (χ3v) is 1.49. The third-order valence-electron chi connectivity index (χ3n) is 1.49. The molecular formula is C8H20N2O. The van der Waals surface area contributed by atoms with E-state index in [0.29, 0.717) is 6.04 Å². The average Bonchev–Trinajstić information content (AvgIpc) is 1.99. The van der Waals surface area contributed by atoms with Crippen LogP contribution < -0.4 is 10.6 Å². The largest absolute Gasteiger partial charge is 0.383 e. The van der Waals surface area contributed by atoms with Gasteiger partial charge in [-0.15, -0.1) is 0 Å². The molecule has 68 valence electrons. The third kappa shape index (κ3) is 7.78. The summed E-state index contributed by atoms with van der Waals surface area (Å²) in [5.74, 6) is 0. The van der Waals surface area contributed by atoms with E-state index in [1.807, 2.05) is 0 Å². The van der Waals surface area contributed by atoms with Crippen LogP contribution in [0.1, 0.15) is 13.8 Å². The van der Waals surface area contributed by atoms with Crippen molar-refractivity contribution in [3.8, 4) is 0 Å². The number of likely N-dealkylation sites (N-methyl/N-ethyl adjacent to an activating group) is 1. The molecule has 0 aromatic carbocycles. The highest BCUT2D eigenvalue weighted by Gasteiger charge is 1.96. The highest BCUT2D eigenvalue weighted by Crippen LogP contribution is 1.76. The predicted octanol–water partition coefficient (Wildman–Crippen LogP) is 0.220. The minimum atomic E-state index is 0.553. The van der Waals surface area contributed by atoms with E-state index in [1.54, 1.807) is 7.11 Å². The van der Waals surface area contributed by atoms with Gasteiger partial charge in [0, 0.05) is 26.2 Å². The van der Waals surface area contributed by atoms with Gasteiger partial charge in [-0.25, -0.2) is 0 Å². The zero-order chi connectivity index (χ0) is 8.53. The van der Waals surface area contributed by atoms with Crippen molar-refractivity contribution in [3.05, 3.63) is 0 Å². The number of hydrogen-bond acceptors (Lipinski definition) is 3. The summed E-state index contributed by atoms with van der Waals surface area (Å²) >= 11 is 0. The van der Waals surface area contributed by atoms with Crippen LogP contribution in [0.2, 0.25) is 0 Å². The summed E-state index contributed by atoms with van der Waals surface area (Å²) in [5.41, 5.74) is 0. The van der Waals surface area contributed by atoms with Gasteiger partial charge in [0.15, 0.2) is 0 Å². The van der Waals surface area contributed by atoms with E-state index in [-0.39, 0.29) is 0 Å². The Hall–Kier alpha value is -0.120. The van der Waals surface area contributed by atoms with E-state index in [2.05, 4.69) is 24.5 Å². The van der Waals surface area contributed by atoms with Crippen molar-refractivity contribution in [1.82, 2.24) is 10.6 Å². The minimum Gasteiger partial charge on any atom is -0.383 e. The normalized spacial score (nSPS) is 13.4. The van der Waals surface area contributed by atoms with Crippen molar-refractivity contribution >= 4 is 0 Å². The van der Waals surface area contributed by atoms with Gasteiger partial charge in [0.2, 0.25) is 0 Å². The first-order valence-corrected chi connectivity index (χ1v) is 4.24.